The molecule has 1 aliphatic heterocycles. The van der Waals surface area contributed by atoms with E-state index < -0.39 is 16.1 Å². The van der Waals surface area contributed by atoms with Gasteiger partial charge >= 0.3 is 0 Å². The molecule has 2 heterocycles. The van der Waals surface area contributed by atoms with Gasteiger partial charge in [-0.3, -0.25) is 4.79 Å². The molecule has 1 aromatic heterocycles. The monoisotopic (exact) mass is 482 g/mol. The van der Waals surface area contributed by atoms with Crippen molar-refractivity contribution in [3.8, 4) is 11.5 Å². The normalized spacial score (nSPS) is 16.1. The summed E-state index contributed by atoms with van der Waals surface area (Å²) in [5.41, 5.74) is 1.84. The lowest BCUT2D eigenvalue weighted by Crippen LogP contribution is -2.52. The third kappa shape index (κ3) is 5.37. The first kappa shape index (κ1) is 24.1. The van der Waals surface area contributed by atoms with Gasteiger partial charge in [0, 0.05) is 24.6 Å². The number of piperidine rings is 1. The number of carbonyl (C=O) groups is 1. The zero-order valence-corrected chi connectivity index (χ0v) is 20.5. The highest BCUT2D eigenvalue weighted by atomic mass is 32.2. The molecule has 2 aromatic carbocycles. The van der Waals surface area contributed by atoms with E-state index in [4.69, 9.17) is 4.52 Å². The molecule has 0 aliphatic carbocycles. The van der Waals surface area contributed by atoms with Crippen LogP contribution in [0.5, 0.6) is 0 Å². The highest BCUT2D eigenvalue weighted by Gasteiger charge is 2.34. The van der Waals surface area contributed by atoms with Crippen LogP contribution in [-0.2, 0) is 14.8 Å². The van der Waals surface area contributed by atoms with Crippen LogP contribution in [0.1, 0.15) is 44.0 Å². The van der Waals surface area contributed by atoms with E-state index in [2.05, 4.69) is 14.9 Å². The first-order valence-corrected chi connectivity index (χ1v) is 13.0. The molecule has 1 unspecified atom stereocenters. The third-order valence-electron chi connectivity index (χ3n) is 6.18. The molecule has 1 saturated heterocycles. The Bertz CT molecular complexity index is 1220. The highest BCUT2D eigenvalue weighted by molar-refractivity contribution is 7.89. The number of benzene rings is 2. The van der Waals surface area contributed by atoms with Gasteiger partial charge in [-0.1, -0.05) is 54.9 Å². The van der Waals surface area contributed by atoms with E-state index >= 15 is 0 Å². The zero-order chi connectivity index (χ0) is 24.3. The van der Waals surface area contributed by atoms with Crippen molar-refractivity contribution in [2.45, 2.75) is 50.5 Å². The van der Waals surface area contributed by atoms with E-state index in [-0.39, 0.29) is 22.6 Å². The molecule has 0 radical (unpaired) electrons. The lowest BCUT2D eigenvalue weighted by molar-refractivity contribution is -0.135. The lowest BCUT2D eigenvalue weighted by atomic mass is 9.94. The van der Waals surface area contributed by atoms with Gasteiger partial charge < -0.3 is 9.42 Å². The van der Waals surface area contributed by atoms with Gasteiger partial charge in [0.25, 0.3) is 5.89 Å². The van der Waals surface area contributed by atoms with Crippen LogP contribution in [0.2, 0.25) is 0 Å². The number of amides is 1. The maximum Gasteiger partial charge on any atom is 0.257 e. The molecule has 3 aromatic rings. The summed E-state index contributed by atoms with van der Waals surface area (Å²) in [5, 5.41) is 4.16. The van der Waals surface area contributed by atoms with Crippen LogP contribution >= 0.6 is 0 Å². The second kappa shape index (κ2) is 10.1. The summed E-state index contributed by atoms with van der Waals surface area (Å²) >= 11 is 0. The van der Waals surface area contributed by atoms with Gasteiger partial charge in [-0.2, -0.15) is 9.71 Å². The van der Waals surface area contributed by atoms with Crippen LogP contribution in [0.4, 0.5) is 0 Å². The Balaban J connectivity index is 1.40. The fourth-order valence-electron chi connectivity index (χ4n) is 4.08. The van der Waals surface area contributed by atoms with Crippen LogP contribution in [0, 0.1) is 12.8 Å². The molecule has 0 saturated carbocycles. The van der Waals surface area contributed by atoms with Gasteiger partial charge in [0.15, 0.2) is 5.82 Å². The van der Waals surface area contributed by atoms with E-state index in [1.807, 2.05) is 51.1 Å². The Hall–Kier alpha value is -3.04. The summed E-state index contributed by atoms with van der Waals surface area (Å²) in [4.78, 5) is 19.7. The molecule has 8 nitrogen and oxygen atoms in total. The van der Waals surface area contributed by atoms with Crippen molar-refractivity contribution in [2.75, 3.05) is 13.1 Å². The molecule has 1 amide bonds. The average molecular weight is 483 g/mol. The molecular formula is C25H30N4O4S. The molecule has 180 valence electrons. The highest BCUT2D eigenvalue weighted by Crippen LogP contribution is 2.29. The minimum Gasteiger partial charge on any atom is -0.341 e. The van der Waals surface area contributed by atoms with Crippen molar-refractivity contribution in [3.05, 3.63) is 66.0 Å². The maximum absolute atomic E-state index is 13.3. The smallest absolute Gasteiger partial charge is 0.257 e. The number of rotatable bonds is 7. The number of sulfonamides is 1. The van der Waals surface area contributed by atoms with Crippen LogP contribution in [0.25, 0.3) is 11.5 Å². The standard InChI is InChI=1S/C25H30N4O4S/c1-17(2)22(28-34(31,32)21-11-9-18(3)10-12-21)25(30)29-15-13-19(14-16-29)23-26-24(33-27-23)20-7-5-4-6-8-20/h4-12,17,19,22,28H,13-16H2,1-3H3. The van der Waals surface area contributed by atoms with Gasteiger partial charge in [-0.15, -0.1) is 0 Å². The second-order valence-electron chi connectivity index (χ2n) is 9.08. The van der Waals surface area contributed by atoms with Crippen molar-refractivity contribution < 1.29 is 17.7 Å². The number of likely N-dealkylation sites (tertiary alicyclic amines) is 1. The Kier molecular flexibility index (Phi) is 7.13. The van der Waals surface area contributed by atoms with Crippen LogP contribution in [0.3, 0.4) is 0 Å². The first-order chi connectivity index (χ1) is 16.2. The molecular weight excluding hydrogens is 452 g/mol. The number of aromatic nitrogens is 2. The Morgan fingerprint density at radius 1 is 1.06 bits per heavy atom. The molecule has 1 N–H and O–H groups in total. The number of nitrogens with one attached hydrogen (secondary N) is 1. The summed E-state index contributed by atoms with van der Waals surface area (Å²) in [6, 6.07) is 15.4. The van der Waals surface area contributed by atoms with Gasteiger partial charge in [0.05, 0.1) is 4.90 Å². The van der Waals surface area contributed by atoms with E-state index in [0.717, 1.165) is 11.1 Å². The summed E-state index contributed by atoms with van der Waals surface area (Å²) in [7, 11) is -3.81. The molecule has 1 fully saturated rings. The Morgan fingerprint density at radius 2 is 1.71 bits per heavy atom. The molecule has 0 spiro atoms. The van der Waals surface area contributed by atoms with Crippen molar-refractivity contribution in [1.82, 2.24) is 19.8 Å². The zero-order valence-electron chi connectivity index (χ0n) is 19.6. The molecule has 9 heteroatoms. The topological polar surface area (TPSA) is 105 Å². The number of hydrogen-bond acceptors (Lipinski definition) is 6. The minimum atomic E-state index is -3.81. The molecule has 1 aliphatic rings. The van der Waals surface area contributed by atoms with E-state index in [0.29, 0.717) is 37.6 Å². The summed E-state index contributed by atoms with van der Waals surface area (Å²) in [5.74, 6) is 0.816. The minimum absolute atomic E-state index is 0.0898. The third-order valence-corrected chi connectivity index (χ3v) is 7.64. The number of hydrogen-bond donors (Lipinski definition) is 1. The van der Waals surface area contributed by atoms with Crippen LogP contribution in [0.15, 0.2) is 64.0 Å². The first-order valence-electron chi connectivity index (χ1n) is 11.5. The van der Waals surface area contributed by atoms with Crippen molar-refractivity contribution in [2.24, 2.45) is 5.92 Å². The molecule has 4 rings (SSSR count). The molecule has 34 heavy (non-hydrogen) atoms. The quantitative estimate of drug-likeness (QED) is 0.550. The van der Waals surface area contributed by atoms with Crippen LogP contribution in [-0.4, -0.2) is 48.5 Å². The van der Waals surface area contributed by atoms with Crippen molar-refractivity contribution in [1.29, 1.82) is 0 Å². The molecule has 1 atom stereocenters. The van der Waals surface area contributed by atoms with E-state index in [1.54, 1.807) is 29.2 Å². The summed E-state index contributed by atoms with van der Waals surface area (Å²) in [6.07, 6.45) is 1.38. The maximum atomic E-state index is 13.3. The summed E-state index contributed by atoms with van der Waals surface area (Å²) < 4.78 is 33.9. The van der Waals surface area contributed by atoms with E-state index in [1.165, 1.54) is 0 Å². The van der Waals surface area contributed by atoms with E-state index in [9.17, 15) is 13.2 Å². The SMILES string of the molecule is Cc1ccc(S(=O)(=O)NC(C(=O)N2CCC(c3noc(-c4ccccc4)n3)CC2)C(C)C)cc1. The average Bonchev–Trinajstić information content (AvgIpc) is 3.33. The Morgan fingerprint density at radius 3 is 2.32 bits per heavy atom. The fraction of sp³-hybridized carbons (Fsp3) is 0.400. The van der Waals surface area contributed by atoms with Crippen molar-refractivity contribution in [3.63, 3.8) is 0 Å². The van der Waals surface area contributed by atoms with Crippen LogP contribution < -0.4 is 4.72 Å². The largest absolute Gasteiger partial charge is 0.341 e. The number of aryl methyl sites for hydroxylation is 1. The van der Waals surface area contributed by atoms with Gasteiger partial charge in [-0.25, -0.2) is 8.42 Å². The number of nitrogens with zero attached hydrogens (tertiary/aromatic N) is 3. The molecule has 0 bridgehead atoms. The summed E-state index contributed by atoms with van der Waals surface area (Å²) in [6.45, 7) is 6.60. The lowest BCUT2D eigenvalue weighted by Gasteiger charge is -2.34. The van der Waals surface area contributed by atoms with Gasteiger partial charge in [0.1, 0.15) is 6.04 Å². The van der Waals surface area contributed by atoms with Crippen molar-refractivity contribution >= 4 is 15.9 Å². The second-order valence-corrected chi connectivity index (χ2v) is 10.8. The number of carbonyl (C=O) groups excluding carboxylic acids is 1. The fourth-order valence-corrected chi connectivity index (χ4v) is 5.42. The van der Waals surface area contributed by atoms with Gasteiger partial charge in [0.2, 0.25) is 15.9 Å². The predicted octanol–water partition coefficient (Wildman–Crippen LogP) is 3.75. The predicted molar refractivity (Wildman–Crippen MR) is 128 cm³/mol. The van der Waals surface area contributed by atoms with Gasteiger partial charge in [-0.05, 0) is 49.9 Å². The Labute approximate surface area is 200 Å².